The molecule has 480 valence electrons. The first kappa shape index (κ1) is 60.1. The molecular weight excluding hydrogens is 1110 g/mol. The van der Waals surface area contributed by atoms with Crippen LogP contribution in [0.4, 0.5) is 0 Å². The van der Waals surface area contributed by atoms with Crippen LogP contribution in [0.2, 0.25) is 0 Å². The summed E-state index contributed by atoms with van der Waals surface area (Å²) in [6.07, 6.45) is 31.3. The van der Waals surface area contributed by atoms with Gasteiger partial charge in [0.2, 0.25) is 0 Å². The molecule has 13 aliphatic carbocycles. The van der Waals surface area contributed by atoms with Crippen LogP contribution in [0.1, 0.15) is 187 Å². The molecule has 0 amide bonds. The zero-order valence-electron chi connectivity index (χ0n) is 53.7. The van der Waals surface area contributed by atoms with Gasteiger partial charge in [0.05, 0.1) is 42.4 Å². The Morgan fingerprint density at radius 3 is 2.46 bits per heavy atom. The summed E-state index contributed by atoms with van der Waals surface area (Å²) in [4.78, 5) is 30.4. The van der Waals surface area contributed by atoms with Crippen LogP contribution in [-0.2, 0) is 31.9 Å². The fraction of sp³-hybridized carbons (Fsp3) is 0.740. The van der Waals surface area contributed by atoms with Gasteiger partial charge in [0.15, 0.2) is 5.78 Å². The zero-order chi connectivity index (χ0) is 61.8. The number of benzene rings is 1. The van der Waals surface area contributed by atoms with E-state index in [2.05, 4.69) is 79.6 Å². The number of rotatable bonds is 11. The first-order valence-electron chi connectivity index (χ1n) is 35.5. The molecule has 16 aliphatic rings. The number of ketones is 1. The Morgan fingerprint density at radius 2 is 1.72 bits per heavy atom. The number of carbonyl (C=O) groups is 2. The first-order valence-corrected chi connectivity index (χ1v) is 35.5. The molecule has 3 heterocycles. The average molecular weight is 1220 g/mol. The number of aldehydes is 1. The average Bonchev–Trinajstić information content (AvgIpc) is 1.52. The Bertz CT molecular complexity index is 3350. The number of aliphatic hydroxyl groups is 6. The number of fused-ring (bicyclic) bond motifs is 5. The van der Waals surface area contributed by atoms with Gasteiger partial charge >= 0.3 is 0 Å². The Labute approximate surface area is 528 Å². The third-order valence-corrected chi connectivity index (χ3v) is 30.8. The van der Waals surface area contributed by atoms with Gasteiger partial charge in [0, 0.05) is 75.7 Å². The van der Waals surface area contributed by atoms with Crippen molar-refractivity contribution in [3.05, 3.63) is 94.4 Å². The van der Waals surface area contributed by atoms with Crippen molar-refractivity contribution in [1.82, 2.24) is 5.32 Å². The molecule has 0 radical (unpaired) electrons. The molecule has 4 bridgehead atoms. The van der Waals surface area contributed by atoms with Crippen LogP contribution < -0.4 is 11.1 Å². The highest BCUT2D eigenvalue weighted by molar-refractivity contribution is 5.96. The van der Waals surface area contributed by atoms with E-state index in [4.69, 9.17) is 15.2 Å². The van der Waals surface area contributed by atoms with E-state index in [9.17, 15) is 30.3 Å². The summed E-state index contributed by atoms with van der Waals surface area (Å²) in [7, 11) is 0. The van der Waals surface area contributed by atoms with Gasteiger partial charge in [0.1, 0.15) is 24.1 Å². The number of ether oxygens (including phenoxy) is 2. The van der Waals surface area contributed by atoms with Gasteiger partial charge in [-0.25, -0.2) is 0 Å². The molecule has 17 rings (SSSR count). The molecule has 1 aromatic rings. The van der Waals surface area contributed by atoms with Gasteiger partial charge in [-0.15, -0.1) is 0 Å². The summed E-state index contributed by atoms with van der Waals surface area (Å²) in [5.74, 6) is 6.82. The van der Waals surface area contributed by atoms with Gasteiger partial charge in [-0.1, -0.05) is 106 Å². The zero-order valence-corrected chi connectivity index (χ0v) is 53.7. The lowest BCUT2D eigenvalue weighted by molar-refractivity contribution is -0.239. The maximum absolute atomic E-state index is 17.0. The first-order chi connectivity index (χ1) is 42.6. The fourth-order valence-electron chi connectivity index (χ4n) is 26.9. The lowest BCUT2D eigenvalue weighted by Gasteiger charge is -2.74. The SMILES string of the molecule is C[C@@H]1CCO[C@]([C@H]2CC[C@@]3(O)C4=CC(=O)[C@@H]5[C@@H]6C=C[C@@]78C=C([C@]9(CO)C[C@@H](C=O)C[C@@]9%10CCC[C@H]%10O)C[C@@]59[C@H]4[C@@H](CCc4ccccc4CC#C[C@@H]([C@@]4(CCC5(CCCC5)C4)C7)[C@@]89C[C@@H]6O)C[C@]23C)([C@H]2O[C@@H]2[C@](C)(O)[C@](C)(CO)CCC2=CCNC(N)=C2)C1. The van der Waals surface area contributed by atoms with Crippen LogP contribution in [-0.4, -0.2) is 110 Å². The van der Waals surface area contributed by atoms with E-state index < -0.39 is 91.0 Å². The smallest absolute Gasteiger partial charge is 0.160 e. The van der Waals surface area contributed by atoms with E-state index in [0.717, 1.165) is 74.4 Å². The minimum Gasteiger partial charge on any atom is -0.396 e. The summed E-state index contributed by atoms with van der Waals surface area (Å²) in [6.45, 7) is 9.11. The molecule has 5 spiro atoms. The summed E-state index contributed by atoms with van der Waals surface area (Å²) in [5.41, 5.74) is 2.00. The van der Waals surface area contributed by atoms with E-state index >= 15 is 9.90 Å². The maximum Gasteiger partial charge on any atom is 0.160 e. The minimum atomic E-state index is -1.48. The number of nitrogens with one attached hydrogen (secondary N) is 1. The molecule has 0 aromatic heterocycles. The van der Waals surface area contributed by atoms with Gasteiger partial charge in [0.25, 0.3) is 0 Å². The second-order valence-electron chi connectivity index (χ2n) is 34.2. The Balaban J connectivity index is 0.897. The number of dihydropyridines is 1. The molecule has 1 aromatic carbocycles. The van der Waals surface area contributed by atoms with Crippen LogP contribution in [0.3, 0.4) is 0 Å². The Hall–Kier alpha value is -3.90. The van der Waals surface area contributed by atoms with Gasteiger partial charge in [-0.2, -0.15) is 0 Å². The largest absolute Gasteiger partial charge is 0.396 e. The second-order valence-corrected chi connectivity index (χ2v) is 34.2. The summed E-state index contributed by atoms with van der Waals surface area (Å²) >= 11 is 0. The van der Waals surface area contributed by atoms with E-state index in [1.54, 1.807) is 0 Å². The van der Waals surface area contributed by atoms with Crippen LogP contribution in [0.5, 0.6) is 0 Å². The normalized spacial score (nSPS) is 49.8. The highest BCUT2D eigenvalue weighted by Crippen LogP contribution is 2.89. The molecule has 8 saturated carbocycles. The number of aryl methyl sites for hydroxylation is 1. The molecule has 10 fully saturated rings. The maximum atomic E-state index is 17.0. The summed E-state index contributed by atoms with van der Waals surface area (Å²) in [5, 5.41) is 81.6. The second kappa shape index (κ2) is 20.1. The van der Waals surface area contributed by atoms with Crippen molar-refractivity contribution in [1.29, 1.82) is 0 Å². The molecule has 12 heteroatoms. The fourth-order valence-corrected chi connectivity index (χ4v) is 26.9. The predicted octanol–water partition coefficient (Wildman–Crippen LogP) is 10.0. The molecule has 12 nitrogen and oxygen atoms in total. The monoisotopic (exact) mass is 1210 g/mol. The molecular formula is C77H102N2O10. The van der Waals surface area contributed by atoms with Crippen LogP contribution in [0, 0.1) is 108 Å². The number of carbonyl (C=O) groups excluding carboxylic acids is 2. The minimum absolute atomic E-state index is 0.0174. The molecule has 9 N–H and O–H groups in total. The molecule has 0 unspecified atom stereocenters. The van der Waals surface area contributed by atoms with E-state index in [-0.39, 0.29) is 65.3 Å². The number of hydrogen-bond donors (Lipinski definition) is 8. The van der Waals surface area contributed by atoms with Gasteiger partial charge in [-0.05, 0) is 216 Å². The van der Waals surface area contributed by atoms with E-state index in [1.807, 2.05) is 26.0 Å². The molecule has 23 atom stereocenters. The Morgan fingerprint density at radius 1 is 0.910 bits per heavy atom. The van der Waals surface area contributed by atoms with Crippen molar-refractivity contribution in [2.45, 2.75) is 229 Å². The molecule has 2 saturated heterocycles. The molecule has 89 heavy (non-hydrogen) atoms. The number of aliphatic hydroxyl groups excluding tert-OH is 4. The molecule has 3 aliphatic heterocycles. The van der Waals surface area contributed by atoms with E-state index in [1.165, 1.54) is 36.8 Å². The predicted molar refractivity (Wildman–Crippen MR) is 338 cm³/mol. The lowest BCUT2D eigenvalue weighted by atomic mass is 9.29. The highest BCUT2D eigenvalue weighted by Gasteiger charge is 2.87. The number of nitrogens with two attached hydrogens (primary N) is 1. The van der Waals surface area contributed by atoms with Crippen molar-refractivity contribution in [2.24, 2.45) is 102 Å². The van der Waals surface area contributed by atoms with Crippen molar-refractivity contribution in [3.63, 3.8) is 0 Å². The third-order valence-electron chi connectivity index (χ3n) is 30.8. The quantitative estimate of drug-likeness (QED) is 0.0450. The van der Waals surface area contributed by atoms with Crippen molar-refractivity contribution in [2.75, 3.05) is 26.4 Å². The summed E-state index contributed by atoms with van der Waals surface area (Å²) in [6, 6.07) is 8.89. The number of epoxide rings is 1. The van der Waals surface area contributed by atoms with Gasteiger partial charge < -0.3 is 56.0 Å². The summed E-state index contributed by atoms with van der Waals surface area (Å²) < 4.78 is 14.5. The van der Waals surface area contributed by atoms with Crippen LogP contribution >= 0.6 is 0 Å². The van der Waals surface area contributed by atoms with Crippen LogP contribution in [0.25, 0.3) is 0 Å². The van der Waals surface area contributed by atoms with Crippen molar-refractivity contribution < 1.29 is 49.7 Å². The third kappa shape index (κ3) is 7.66. The number of allylic oxidation sites excluding steroid dienone is 5. The topological polar surface area (TPSA) is 215 Å². The van der Waals surface area contributed by atoms with Crippen molar-refractivity contribution >= 4 is 12.1 Å². The van der Waals surface area contributed by atoms with Crippen LogP contribution in [0.15, 0.2) is 83.3 Å². The Kier molecular flexibility index (Phi) is 13.5. The van der Waals surface area contributed by atoms with Crippen molar-refractivity contribution in [3.8, 4) is 11.8 Å². The van der Waals surface area contributed by atoms with Gasteiger partial charge in [-0.3, -0.25) is 4.79 Å². The number of hydrogen-bond acceptors (Lipinski definition) is 12. The lowest BCUT2D eigenvalue weighted by Crippen LogP contribution is -2.73. The standard InChI is InChI=1S/C77H102N2O10/c1-47-22-32-88-75(35-47,65-64(89-65)68(4,86)66(2,45-81)26-18-48-21-31-79-61(78)33-48)58-20-28-77(87)55-34-56(83)63-54-19-27-71-39-53(73(46-82)37-49(42-80)36-72(73)25-10-15-60(72)85)40-74(63)62(55)52(38-67(58,77)3)17-16-51-12-6-5-11-50(51)13-9-14-59(76(71,74)41-57(54)84)70(44-71)30-29-69(43-70)23-7-8-24-69/h5-6,11-12,19,21,27,33-34,39,42,47,49,52,54,57-60,62-65,79,81-82,84-87H,7-8,10,13,15-18,20,22-26,28-32,35-38,40-41,43-46,78H2,1-4H3/t47-,49+,52+,54-,57+,58+,59+,60-,62+,63+,64+,65+,66+,67-,68+,70-,71-,72-,73-,74-,75-,76+,77-/m1/s1. The van der Waals surface area contributed by atoms with E-state index in [0.29, 0.717) is 102 Å². The highest BCUT2D eigenvalue weighted by atomic mass is 16.6.